The molecule has 0 aromatic carbocycles. The smallest absolute Gasteiger partial charge is 0.274 e. The highest BCUT2D eigenvalue weighted by molar-refractivity contribution is 5.92. The number of methoxy groups -OCH3 is 1. The number of carbonyl (C=O) groups excluding carboxylic acids is 1. The molecule has 6 heteroatoms. The van der Waals surface area contributed by atoms with Crippen LogP contribution in [0.4, 0.5) is 0 Å². The summed E-state index contributed by atoms with van der Waals surface area (Å²) in [4.78, 5) is 11.8. The Morgan fingerprint density at radius 1 is 1.76 bits per heavy atom. The molecule has 1 N–H and O–H groups in total. The lowest BCUT2D eigenvalue weighted by atomic mass is 10.0. The Bertz CT molecular complexity index is 435. The van der Waals surface area contributed by atoms with Gasteiger partial charge >= 0.3 is 0 Å². The van der Waals surface area contributed by atoms with Gasteiger partial charge < -0.3 is 14.6 Å². The first-order valence-electron chi connectivity index (χ1n) is 5.23. The van der Waals surface area contributed by atoms with Gasteiger partial charge in [-0.3, -0.25) is 4.79 Å². The molecule has 1 aromatic rings. The summed E-state index contributed by atoms with van der Waals surface area (Å²) in [5, 5.41) is 15.2. The van der Waals surface area contributed by atoms with Crippen LogP contribution in [0.1, 0.15) is 36.5 Å². The summed E-state index contributed by atoms with van der Waals surface area (Å²) in [5.74, 6) is 0.0369. The minimum Gasteiger partial charge on any atom is -0.377 e. The minimum absolute atomic E-state index is 0.145. The molecule has 0 saturated carbocycles. The van der Waals surface area contributed by atoms with Crippen molar-refractivity contribution in [2.75, 3.05) is 7.11 Å². The molecule has 0 radical (unpaired) electrons. The van der Waals surface area contributed by atoms with Gasteiger partial charge in [-0.15, -0.1) is 0 Å². The number of amides is 1. The Hall–Kier alpha value is -1.87. The molecular weight excluding hydrogens is 222 g/mol. The van der Waals surface area contributed by atoms with Crippen molar-refractivity contribution in [2.45, 2.75) is 32.4 Å². The fraction of sp³-hybridized carbons (Fsp3) is 0.545. The van der Waals surface area contributed by atoms with Crippen LogP contribution < -0.4 is 5.32 Å². The SMILES string of the molecule is CCC(C)(C#N)NC(=O)c1cc(COC)on1. The number of hydrogen-bond acceptors (Lipinski definition) is 5. The van der Waals surface area contributed by atoms with Gasteiger partial charge in [0.05, 0.1) is 6.07 Å². The van der Waals surface area contributed by atoms with Gasteiger partial charge in [-0.25, -0.2) is 0 Å². The molecule has 1 atom stereocenters. The third-order valence-corrected chi connectivity index (χ3v) is 2.42. The second-order valence-corrected chi connectivity index (χ2v) is 3.86. The number of nitrogens with one attached hydrogen (secondary N) is 1. The molecule has 1 rings (SSSR count). The molecule has 6 nitrogen and oxygen atoms in total. The molecule has 0 saturated heterocycles. The Morgan fingerprint density at radius 3 is 3.00 bits per heavy atom. The zero-order valence-electron chi connectivity index (χ0n) is 10.1. The second-order valence-electron chi connectivity index (χ2n) is 3.86. The number of nitriles is 1. The lowest BCUT2D eigenvalue weighted by Gasteiger charge is -2.20. The summed E-state index contributed by atoms with van der Waals surface area (Å²) < 4.78 is 9.74. The maximum absolute atomic E-state index is 11.8. The van der Waals surface area contributed by atoms with E-state index in [-0.39, 0.29) is 12.3 Å². The van der Waals surface area contributed by atoms with Crippen LogP contribution in [0.2, 0.25) is 0 Å². The molecule has 0 aliphatic carbocycles. The van der Waals surface area contributed by atoms with Crippen molar-refractivity contribution in [2.24, 2.45) is 0 Å². The molecular formula is C11H15N3O3. The van der Waals surface area contributed by atoms with Crippen LogP contribution in [0.25, 0.3) is 0 Å². The average molecular weight is 237 g/mol. The molecule has 17 heavy (non-hydrogen) atoms. The highest BCUT2D eigenvalue weighted by Crippen LogP contribution is 2.10. The molecule has 0 fully saturated rings. The molecule has 1 aromatic heterocycles. The molecule has 92 valence electrons. The van der Waals surface area contributed by atoms with E-state index >= 15 is 0 Å². The van der Waals surface area contributed by atoms with E-state index in [0.29, 0.717) is 12.2 Å². The Labute approximate surface area is 99.5 Å². The largest absolute Gasteiger partial charge is 0.377 e. The van der Waals surface area contributed by atoms with Crippen LogP contribution in [0, 0.1) is 11.3 Å². The molecule has 1 amide bonds. The first-order chi connectivity index (χ1) is 8.04. The number of carbonyl (C=O) groups is 1. The third kappa shape index (κ3) is 3.29. The van der Waals surface area contributed by atoms with E-state index in [4.69, 9.17) is 14.5 Å². The molecule has 0 bridgehead atoms. The van der Waals surface area contributed by atoms with Crippen molar-refractivity contribution in [1.82, 2.24) is 10.5 Å². The third-order valence-electron chi connectivity index (χ3n) is 2.42. The number of ether oxygens (including phenoxy) is 1. The van der Waals surface area contributed by atoms with E-state index in [9.17, 15) is 4.79 Å². The van der Waals surface area contributed by atoms with E-state index in [0.717, 1.165) is 0 Å². The molecule has 0 aliphatic heterocycles. The Morgan fingerprint density at radius 2 is 2.47 bits per heavy atom. The van der Waals surface area contributed by atoms with Gasteiger partial charge in [0.25, 0.3) is 5.91 Å². The summed E-state index contributed by atoms with van der Waals surface area (Å²) >= 11 is 0. The van der Waals surface area contributed by atoms with Gasteiger partial charge in [0, 0.05) is 13.2 Å². The van der Waals surface area contributed by atoms with Crippen molar-refractivity contribution in [3.63, 3.8) is 0 Å². The first kappa shape index (κ1) is 13.2. The van der Waals surface area contributed by atoms with E-state index in [1.54, 1.807) is 6.92 Å². The van der Waals surface area contributed by atoms with Gasteiger partial charge in [-0.05, 0) is 13.3 Å². The number of nitrogens with zero attached hydrogens (tertiary/aromatic N) is 2. The second kappa shape index (κ2) is 5.46. The fourth-order valence-corrected chi connectivity index (χ4v) is 1.14. The quantitative estimate of drug-likeness (QED) is 0.832. The lowest BCUT2D eigenvalue weighted by Crippen LogP contribution is -2.44. The van der Waals surface area contributed by atoms with Crippen LogP contribution in [-0.4, -0.2) is 23.7 Å². The Kier molecular flexibility index (Phi) is 4.24. The maximum atomic E-state index is 11.8. The summed E-state index contributed by atoms with van der Waals surface area (Å²) in [6.07, 6.45) is 0.512. The van der Waals surface area contributed by atoms with E-state index in [1.165, 1.54) is 13.2 Å². The monoisotopic (exact) mass is 237 g/mol. The van der Waals surface area contributed by atoms with Crippen molar-refractivity contribution >= 4 is 5.91 Å². The average Bonchev–Trinajstić information content (AvgIpc) is 2.78. The van der Waals surface area contributed by atoms with Crippen LogP contribution in [-0.2, 0) is 11.3 Å². The van der Waals surface area contributed by atoms with Crippen LogP contribution in [0.15, 0.2) is 10.6 Å². The molecule has 1 heterocycles. The predicted molar refractivity (Wildman–Crippen MR) is 59.0 cm³/mol. The standard InChI is InChI=1S/C11H15N3O3/c1-4-11(2,7-12)13-10(15)9-5-8(6-16-3)17-14-9/h5H,4,6H2,1-3H3,(H,13,15). The highest BCUT2D eigenvalue weighted by Gasteiger charge is 2.25. The first-order valence-corrected chi connectivity index (χ1v) is 5.23. The minimum atomic E-state index is -0.891. The van der Waals surface area contributed by atoms with Crippen molar-refractivity contribution in [1.29, 1.82) is 5.26 Å². The molecule has 1 unspecified atom stereocenters. The highest BCUT2D eigenvalue weighted by atomic mass is 16.5. The zero-order valence-corrected chi connectivity index (χ0v) is 10.1. The van der Waals surface area contributed by atoms with E-state index in [2.05, 4.69) is 10.5 Å². The number of aromatic nitrogens is 1. The predicted octanol–water partition coefficient (Wildman–Crippen LogP) is 1.24. The van der Waals surface area contributed by atoms with E-state index in [1.807, 2.05) is 13.0 Å². The number of hydrogen-bond donors (Lipinski definition) is 1. The van der Waals surface area contributed by atoms with Gasteiger partial charge in [-0.2, -0.15) is 5.26 Å². The van der Waals surface area contributed by atoms with Crippen LogP contribution in [0.5, 0.6) is 0 Å². The van der Waals surface area contributed by atoms with Crippen LogP contribution >= 0.6 is 0 Å². The summed E-state index contributed by atoms with van der Waals surface area (Å²) in [6.45, 7) is 3.73. The summed E-state index contributed by atoms with van der Waals surface area (Å²) in [5.41, 5.74) is -0.746. The van der Waals surface area contributed by atoms with Crippen LogP contribution in [0.3, 0.4) is 0 Å². The molecule has 0 spiro atoms. The van der Waals surface area contributed by atoms with E-state index < -0.39 is 11.4 Å². The fourth-order valence-electron chi connectivity index (χ4n) is 1.14. The van der Waals surface area contributed by atoms with Crippen molar-refractivity contribution in [3.8, 4) is 6.07 Å². The van der Waals surface area contributed by atoms with Gasteiger partial charge in [-0.1, -0.05) is 12.1 Å². The molecule has 0 aliphatic rings. The number of rotatable bonds is 5. The normalized spacial score (nSPS) is 13.8. The lowest BCUT2D eigenvalue weighted by molar-refractivity contribution is 0.0913. The maximum Gasteiger partial charge on any atom is 0.274 e. The van der Waals surface area contributed by atoms with Crippen molar-refractivity contribution in [3.05, 3.63) is 17.5 Å². The summed E-state index contributed by atoms with van der Waals surface area (Å²) in [7, 11) is 1.52. The topological polar surface area (TPSA) is 88.2 Å². The Balaban J connectivity index is 2.73. The summed E-state index contributed by atoms with van der Waals surface area (Å²) in [6, 6.07) is 3.54. The van der Waals surface area contributed by atoms with Gasteiger partial charge in [0.2, 0.25) is 0 Å². The van der Waals surface area contributed by atoms with Gasteiger partial charge in [0.15, 0.2) is 11.5 Å². The van der Waals surface area contributed by atoms with Gasteiger partial charge in [0.1, 0.15) is 12.1 Å². The van der Waals surface area contributed by atoms with Crippen molar-refractivity contribution < 1.29 is 14.1 Å². The zero-order chi connectivity index (χ0) is 12.9.